The first-order chi connectivity index (χ1) is 10.2. The molecule has 0 radical (unpaired) electrons. The van der Waals surface area contributed by atoms with Gasteiger partial charge in [0.05, 0.1) is 10.7 Å². The summed E-state index contributed by atoms with van der Waals surface area (Å²) in [5.74, 6) is -0.558. The Bertz CT molecular complexity index is 577. The molecule has 0 bridgehead atoms. The van der Waals surface area contributed by atoms with Crippen LogP contribution in [0.3, 0.4) is 0 Å². The molecule has 0 heterocycles. The quantitative estimate of drug-likeness (QED) is 0.642. The number of hydrazone groups is 1. The minimum Gasteiger partial charge on any atom is -0.325 e. The smallest absolute Gasteiger partial charge is 0.240 e. The van der Waals surface area contributed by atoms with E-state index in [1.165, 1.54) is 0 Å². The van der Waals surface area contributed by atoms with Crippen molar-refractivity contribution < 1.29 is 9.59 Å². The molecular weight excluding hydrogens is 302 g/mol. The Morgan fingerprint density at radius 3 is 2.32 bits per heavy atom. The van der Waals surface area contributed by atoms with Gasteiger partial charge in [0.25, 0.3) is 0 Å². The Hall–Kier alpha value is -1.88. The predicted molar refractivity (Wildman–Crippen MR) is 90.0 cm³/mol. The molecule has 0 spiro atoms. The van der Waals surface area contributed by atoms with Crippen LogP contribution in [0.15, 0.2) is 29.4 Å². The summed E-state index contributed by atoms with van der Waals surface area (Å²) in [5.41, 5.74) is 3.72. The van der Waals surface area contributed by atoms with E-state index >= 15 is 0 Å². The summed E-state index contributed by atoms with van der Waals surface area (Å²) in [6, 6.07) is 6.95. The summed E-state index contributed by atoms with van der Waals surface area (Å²) < 4.78 is 0. The molecule has 6 heteroatoms. The van der Waals surface area contributed by atoms with Crippen LogP contribution in [-0.2, 0) is 9.59 Å². The second-order valence-corrected chi connectivity index (χ2v) is 6.42. The zero-order chi connectivity index (χ0) is 16.8. The summed E-state index contributed by atoms with van der Waals surface area (Å²) in [6.45, 7) is 7.88. The Morgan fingerprint density at radius 1 is 1.14 bits per heavy atom. The third-order valence-electron chi connectivity index (χ3n) is 3.16. The van der Waals surface area contributed by atoms with Gasteiger partial charge < -0.3 is 5.32 Å². The monoisotopic (exact) mass is 323 g/mol. The highest BCUT2D eigenvalue weighted by Crippen LogP contribution is 2.20. The van der Waals surface area contributed by atoms with Crippen LogP contribution in [-0.4, -0.2) is 17.5 Å². The number of nitrogens with zero attached hydrogens (tertiary/aromatic N) is 1. The number of anilines is 1. The van der Waals surface area contributed by atoms with Crippen LogP contribution in [0.25, 0.3) is 0 Å². The van der Waals surface area contributed by atoms with Crippen molar-refractivity contribution in [2.45, 2.75) is 40.5 Å². The van der Waals surface area contributed by atoms with E-state index in [1.54, 1.807) is 24.3 Å². The standard InChI is InChI=1S/C16H22ClN3O2/c1-11(16(2,3)4)19-20-15(22)10-9-14(21)18-13-8-6-5-7-12(13)17/h5-8H,9-10H2,1-4H3,(H,18,21)(H,20,22). The van der Waals surface area contributed by atoms with Crippen LogP contribution in [0, 0.1) is 5.41 Å². The molecule has 0 saturated heterocycles. The van der Waals surface area contributed by atoms with Crippen LogP contribution < -0.4 is 10.7 Å². The molecule has 1 rings (SSSR count). The van der Waals surface area contributed by atoms with Crippen molar-refractivity contribution in [2.75, 3.05) is 5.32 Å². The first kappa shape index (κ1) is 18.2. The van der Waals surface area contributed by atoms with Crippen LogP contribution in [0.5, 0.6) is 0 Å². The van der Waals surface area contributed by atoms with Gasteiger partial charge in [-0.15, -0.1) is 0 Å². The molecule has 120 valence electrons. The van der Waals surface area contributed by atoms with Crippen molar-refractivity contribution in [3.63, 3.8) is 0 Å². The maximum Gasteiger partial charge on any atom is 0.240 e. The Morgan fingerprint density at radius 2 is 1.73 bits per heavy atom. The number of amides is 2. The number of hydrogen-bond acceptors (Lipinski definition) is 3. The fourth-order valence-corrected chi connectivity index (χ4v) is 1.56. The zero-order valence-electron chi connectivity index (χ0n) is 13.4. The van der Waals surface area contributed by atoms with Crippen molar-refractivity contribution in [3.8, 4) is 0 Å². The van der Waals surface area contributed by atoms with Crippen molar-refractivity contribution in [1.82, 2.24) is 5.43 Å². The maximum atomic E-state index is 11.8. The van der Waals surface area contributed by atoms with Gasteiger partial charge >= 0.3 is 0 Å². The largest absolute Gasteiger partial charge is 0.325 e. The Labute approximate surface area is 136 Å². The average molecular weight is 324 g/mol. The van der Waals surface area contributed by atoms with E-state index in [4.69, 9.17) is 11.6 Å². The lowest BCUT2D eigenvalue weighted by Crippen LogP contribution is -2.25. The summed E-state index contributed by atoms with van der Waals surface area (Å²) in [5, 5.41) is 7.17. The van der Waals surface area contributed by atoms with Crippen molar-refractivity contribution in [3.05, 3.63) is 29.3 Å². The lowest BCUT2D eigenvalue weighted by molar-refractivity contribution is -0.124. The van der Waals surface area contributed by atoms with Gasteiger partial charge in [-0.1, -0.05) is 44.5 Å². The number of hydrogen-bond donors (Lipinski definition) is 2. The highest BCUT2D eigenvalue weighted by Gasteiger charge is 2.15. The number of halogens is 1. The van der Waals surface area contributed by atoms with Crippen molar-refractivity contribution >= 4 is 34.8 Å². The third-order valence-corrected chi connectivity index (χ3v) is 3.49. The predicted octanol–water partition coefficient (Wildman–Crippen LogP) is 3.60. The van der Waals surface area contributed by atoms with E-state index in [0.29, 0.717) is 10.7 Å². The van der Waals surface area contributed by atoms with Crippen LogP contribution in [0.4, 0.5) is 5.69 Å². The molecule has 0 fully saturated rings. The fraction of sp³-hybridized carbons (Fsp3) is 0.438. The molecule has 5 nitrogen and oxygen atoms in total. The lowest BCUT2D eigenvalue weighted by Gasteiger charge is -2.17. The van der Waals surface area contributed by atoms with Gasteiger partial charge in [-0.05, 0) is 19.1 Å². The molecule has 0 aliphatic rings. The number of rotatable bonds is 5. The summed E-state index contributed by atoms with van der Waals surface area (Å²) in [4.78, 5) is 23.5. The molecule has 0 aromatic heterocycles. The van der Waals surface area contributed by atoms with E-state index in [9.17, 15) is 9.59 Å². The van der Waals surface area contributed by atoms with Crippen molar-refractivity contribution in [1.29, 1.82) is 0 Å². The fourth-order valence-electron chi connectivity index (χ4n) is 1.37. The summed E-state index contributed by atoms with van der Waals surface area (Å²) in [6.07, 6.45) is 0.137. The average Bonchev–Trinajstić information content (AvgIpc) is 2.44. The Kier molecular flexibility index (Phi) is 6.56. The highest BCUT2D eigenvalue weighted by molar-refractivity contribution is 6.33. The first-order valence-electron chi connectivity index (χ1n) is 7.08. The van der Waals surface area contributed by atoms with Crippen molar-refractivity contribution in [2.24, 2.45) is 10.5 Å². The number of carbonyl (C=O) groups is 2. The molecule has 0 aliphatic heterocycles. The van der Waals surface area contributed by atoms with E-state index in [0.717, 1.165) is 5.71 Å². The highest BCUT2D eigenvalue weighted by atomic mass is 35.5. The van der Waals surface area contributed by atoms with Crippen LogP contribution in [0.1, 0.15) is 40.5 Å². The minimum absolute atomic E-state index is 0.0667. The van der Waals surface area contributed by atoms with Gasteiger partial charge in [0.2, 0.25) is 11.8 Å². The zero-order valence-corrected chi connectivity index (χ0v) is 14.1. The molecular formula is C16H22ClN3O2. The molecule has 0 saturated carbocycles. The topological polar surface area (TPSA) is 70.6 Å². The van der Waals surface area contributed by atoms with Gasteiger partial charge in [-0.2, -0.15) is 5.10 Å². The third kappa shape index (κ3) is 6.26. The molecule has 2 amide bonds. The molecule has 1 aromatic carbocycles. The van der Waals surface area contributed by atoms with Gasteiger partial charge in [0.1, 0.15) is 0 Å². The van der Waals surface area contributed by atoms with Crippen LogP contribution >= 0.6 is 11.6 Å². The summed E-state index contributed by atoms with van der Waals surface area (Å²) in [7, 11) is 0. The second kappa shape index (κ2) is 7.94. The minimum atomic E-state index is -0.294. The maximum absolute atomic E-state index is 11.8. The van der Waals surface area contributed by atoms with E-state index in [-0.39, 0.29) is 30.1 Å². The van der Waals surface area contributed by atoms with Gasteiger partial charge in [-0.25, -0.2) is 5.43 Å². The Balaban J connectivity index is 2.41. The molecule has 0 atom stereocenters. The second-order valence-electron chi connectivity index (χ2n) is 6.01. The lowest BCUT2D eigenvalue weighted by atomic mass is 9.91. The van der Waals surface area contributed by atoms with E-state index in [2.05, 4.69) is 15.8 Å². The van der Waals surface area contributed by atoms with Gasteiger partial charge in [0, 0.05) is 24.0 Å². The van der Waals surface area contributed by atoms with E-state index in [1.807, 2.05) is 27.7 Å². The molecule has 2 N–H and O–H groups in total. The molecule has 22 heavy (non-hydrogen) atoms. The van der Waals surface area contributed by atoms with Crippen LogP contribution in [0.2, 0.25) is 5.02 Å². The first-order valence-corrected chi connectivity index (χ1v) is 7.46. The number of para-hydroxylation sites is 1. The normalized spacial score (nSPS) is 12.0. The van der Waals surface area contributed by atoms with E-state index < -0.39 is 0 Å². The number of benzene rings is 1. The summed E-state index contributed by atoms with van der Waals surface area (Å²) >= 11 is 5.95. The van der Waals surface area contributed by atoms with Gasteiger partial charge in [0.15, 0.2) is 0 Å². The SMILES string of the molecule is CC(=NNC(=O)CCC(=O)Nc1ccccc1Cl)C(C)(C)C. The number of nitrogens with one attached hydrogen (secondary N) is 2. The molecule has 0 unspecified atom stereocenters. The number of carbonyl (C=O) groups excluding carboxylic acids is 2. The molecule has 0 aliphatic carbocycles. The van der Waals surface area contributed by atoms with Gasteiger partial charge in [-0.3, -0.25) is 9.59 Å². The molecule has 1 aromatic rings.